The van der Waals surface area contributed by atoms with E-state index in [0.29, 0.717) is 16.1 Å². The van der Waals surface area contributed by atoms with Crippen molar-refractivity contribution in [2.45, 2.75) is 13.8 Å². The fourth-order valence-electron chi connectivity index (χ4n) is 1.70. The van der Waals surface area contributed by atoms with Crippen molar-refractivity contribution in [3.05, 3.63) is 34.4 Å². The second kappa shape index (κ2) is 2.65. The van der Waals surface area contributed by atoms with Crippen LogP contribution in [0.5, 0.6) is 0 Å². The first-order valence-corrected chi connectivity index (χ1v) is 4.27. The van der Waals surface area contributed by atoms with Crippen molar-refractivity contribution in [2.75, 3.05) is 0 Å². The SMILES string of the molecule is Cc1ccc(C)c2c1C(=O)N(N)C2=O. The number of hydrazine groups is 1. The predicted octanol–water partition coefficient (Wildman–Crippen LogP) is 0.773. The van der Waals surface area contributed by atoms with Crippen molar-refractivity contribution in [3.63, 3.8) is 0 Å². The lowest BCUT2D eigenvalue weighted by Gasteiger charge is -2.02. The summed E-state index contributed by atoms with van der Waals surface area (Å²) in [7, 11) is 0. The predicted molar refractivity (Wildman–Crippen MR) is 50.6 cm³/mol. The normalized spacial score (nSPS) is 14.9. The molecule has 2 rings (SSSR count). The number of hydrogen-bond donors (Lipinski definition) is 1. The van der Waals surface area contributed by atoms with Gasteiger partial charge in [-0.15, -0.1) is 0 Å². The Bertz CT molecular complexity index is 411. The molecule has 2 amide bonds. The van der Waals surface area contributed by atoms with Crippen LogP contribution in [-0.4, -0.2) is 16.8 Å². The highest BCUT2D eigenvalue weighted by Crippen LogP contribution is 2.26. The standard InChI is InChI=1S/C10H10N2O2/c1-5-3-4-6(2)8-7(5)9(13)12(11)10(8)14/h3-4H,11H2,1-2H3. The molecule has 1 aromatic rings. The molecule has 0 unspecified atom stereocenters. The van der Waals surface area contributed by atoms with Gasteiger partial charge in [0.2, 0.25) is 0 Å². The minimum Gasteiger partial charge on any atom is -0.267 e. The largest absolute Gasteiger partial charge is 0.276 e. The van der Waals surface area contributed by atoms with E-state index in [9.17, 15) is 9.59 Å². The Labute approximate surface area is 81.3 Å². The Morgan fingerprint density at radius 3 is 1.71 bits per heavy atom. The molecular formula is C10H10N2O2. The minimum atomic E-state index is -0.411. The highest BCUT2D eigenvalue weighted by molar-refractivity contribution is 6.22. The van der Waals surface area contributed by atoms with Gasteiger partial charge in [-0.3, -0.25) is 9.59 Å². The van der Waals surface area contributed by atoms with Crippen LogP contribution in [0.2, 0.25) is 0 Å². The summed E-state index contributed by atoms with van der Waals surface area (Å²) < 4.78 is 0. The average Bonchev–Trinajstić information content (AvgIpc) is 2.38. The molecule has 0 saturated heterocycles. The number of rotatable bonds is 0. The van der Waals surface area contributed by atoms with E-state index in [4.69, 9.17) is 5.84 Å². The number of nitrogens with two attached hydrogens (primary N) is 1. The number of nitrogens with zero attached hydrogens (tertiary/aromatic N) is 1. The molecule has 1 aliphatic heterocycles. The maximum atomic E-state index is 11.6. The summed E-state index contributed by atoms with van der Waals surface area (Å²) in [5.41, 5.74) is 2.46. The third kappa shape index (κ3) is 0.914. The van der Waals surface area contributed by atoms with Crippen molar-refractivity contribution in [2.24, 2.45) is 5.84 Å². The molecule has 14 heavy (non-hydrogen) atoms. The quantitative estimate of drug-likeness (QED) is 0.373. The lowest BCUT2D eigenvalue weighted by atomic mass is 9.99. The number of benzene rings is 1. The fourth-order valence-corrected chi connectivity index (χ4v) is 1.70. The van der Waals surface area contributed by atoms with Gasteiger partial charge in [-0.25, -0.2) is 10.9 Å². The molecule has 0 fully saturated rings. The van der Waals surface area contributed by atoms with Crippen LogP contribution in [0.1, 0.15) is 31.8 Å². The highest BCUT2D eigenvalue weighted by atomic mass is 16.2. The van der Waals surface area contributed by atoms with Crippen molar-refractivity contribution < 1.29 is 9.59 Å². The van der Waals surface area contributed by atoms with Crippen LogP contribution >= 0.6 is 0 Å². The zero-order valence-corrected chi connectivity index (χ0v) is 8.00. The summed E-state index contributed by atoms with van der Waals surface area (Å²) in [6.45, 7) is 3.59. The van der Waals surface area contributed by atoms with Gasteiger partial charge in [0.15, 0.2) is 0 Å². The first-order valence-electron chi connectivity index (χ1n) is 4.27. The van der Waals surface area contributed by atoms with Crippen LogP contribution in [0, 0.1) is 13.8 Å². The Balaban J connectivity index is 2.80. The third-order valence-corrected chi connectivity index (χ3v) is 2.49. The van der Waals surface area contributed by atoms with Crippen molar-refractivity contribution in [3.8, 4) is 0 Å². The number of fused-ring (bicyclic) bond motifs is 1. The molecule has 0 radical (unpaired) electrons. The molecule has 0 spiro atoms. The van der Waals surface area contributed by atoms with E-state index in [2.05, 4.69) is 0 Å². The van der Waals surface area contributed by atoms with Gasteiger partial charge in [0.1, 0.15) is 0 Å². The number of imide groups is 1. The van der Waals surface area contributed by atoms with Crippen LogP contribution < -0.4 is 5.84 Å². The zero-order chi connectivity index (χ0) is 10.5. The van der Waals surface area contributed by atoms with Gasteiger partial charge in [-0.1, -0.05) is 12.1 Å². The molecule has 4 nitrogen and oxygen atoms in total. The van der Waals surface area contributed by atoms with Gasteiger partial charge < -0.3 is 0 Å². The molecule has 0 aromatic heterocycles. The van der Waals surface area contributed by atoms with Crippen LogP contribution in [0.3, 0.4) is 0 Å². The zero-order valence-electron chi connectivity index (χ0n) is 8.00. The summed E-state index contributed by atoms with van der Waals surface area (Å²) in [6, 6.07) is 3.64. The molecule has 0 bridgehead atoms. The Kier molecular flexibility index (Phi) is 1.69. The molecule has 0 saturated carbocycles. The lowest BCUT2D eigenvalue weighted by Crippen LogP contribution is -2.36. The van der Waals surface area contributed by atoms with E-state index >= 15 is 0 Å². The first kappa shape index (κ1) is 8.90. The number of carbonyl (C=O) groups excluding carboxylic acids is 2. The molecule has 72 valence electrons. The van der Waals surface area contributed by atoms with Gasteiger partial charge in [0, 0.05) is 0 Å². The van der Waals surface area contributed by atoms with E-state index in [1.165, 1.54) is 0 Å². The van der Waals surface area contributed by atoms with E-state index in [1.54, 1.807) is 13.8 Å². The topological polar surface area (TPSA) is 63.4 Å². The van der Waals surface area contributed by atoms with Gasteiger partial charge in [-0.05, 0) is 25.0 Å². The van der Waals surface area contributed by atoms with Gasteiger partial charge >= 0.3 is 0 Å². The maximum Gasteiger partial charge on any atom is 0.276 e. The van der Waals surface area contributed by atoms with Crippen molar-refractivity contribution in [1.29, 1.82) is 0 Å². The van der Waals surface area contributed by atoms with E-state index in [0.717, 1.165) is 11.1 Å². The molecule has 2 N–H and O–H groups in total. The summed E-state index contributed by atoms with van der Waals surface area (Å²) in [5.74, 6) is 4.52. The Hall–Kier alpha value is -1.68. The van der Waals surface area contributed by atoms with E-state index in [-0.39, 0.29) is 0 Å². The summed E-state index contributed by atoms with van der Waals surface area (Å²) >= 11 is 0. The Morgan fingerprint density at radius 2 is 1.36 bits per heavy atom. The molecule has 0 atom stereocenters. The number of hydrogen-bond acceptors (Lipinski definition) is 3. The molecule has 4 heteroatoms. The molecule has 0 aliphatic carbocycles. The highest BCUT2D eigenvalue weighted by Gasteiger charge is 2.35. The minimum absolute atomic E-state index is 0.411. The number of amides is 2. The summed E-state index contributed by atoms with van der Waals surface area (Å²) in [6.07, 6.45) is 0. The summed E-state index contributed by atoms with van der Waals surface area (Å²) in [4.78, 5) is 23.1. The van der Waals surface area contributed by atoms with Crippen LogP contribution in [0.4, 0.5) is 0 Å². The number of aryl methyl sites for hydroxylation is 2. The fraction of sp³-hybridized carbons (Fsp3) is 0.200. The Morgan fingerprint density at radius 1 is 1.00 bits per heavy atom. The van der Waals surface area contributed by atoms with Crippen LogP contribution in [0.25, 0.3) is 0 Å². The third-order valence-electron chi connectivity index (χ3n) is 2.49. The van der Waals surface area contributed by atoms with Crippen LogP contribution in [-0.2, 0) is 0 Å². The molecule has 1 aliphatic rings. The van der Waals surface area contributed by atoms with Gasteiger partial charge in [0.05, 0.1) is 11.1 Å². The van der Waals surface area contributed by atoms with Crippen molar-refractivity contribution in [1.82, 2.24) is 5.01 Å². The van der Waals surface area contributed by atoms with Crippen molar-refractivity contribution >= 4 is 11.8 Å². The lowest BCUT2D eigenvalue weighted by molar-refractivity contribution is 0.0653. The maximum absolute atomic E-state index is 11.6. The number of carbonyl (C=O) groups is 2. The molecule has 1 heterocycles. The average molecular weight is 190 g/mol. The second-order valence-corrected chi connectivity index (χ2v) is 3.43. The molecule has 1 aromatic carbocycles. The summed E-state index contributed by atoms with van der Waals surface area (Å²) in [5, 5.41) is 0.671. The first-order chi connectivity index (χ1) is 6.54. The van der Waals surface area contributed by atoms with Crippen LogP contribution in [0.15, 0.2) is 12.1 Å². The van der Waals surface area contributed by atoms with Gasteiger partial charge in [0.25, 0.3) is 11.8 Å². The molecular weight excluding hydrogens is 180 g/mol. The van der Waals surface area contributed by atoms with Gasteiger partial charge in [-0.2, -0.15) is 0 Å². The van der Waals surface area contributed by atoms with E-state index < -0.39 is 11.8 Å². The smallest absolute Gasteiger partial charge is 0.267 e. The second-order valence-electron chi connectivity index (χ2n) is 3.43. The van der Waals surface area contributed by atoms with E-state index in [1.807, 2.05) is 12.1 Å². The monoisotopic (exact) mass is 190 g/mol.